The van der Waals surface area contributed by atoms with Gasteiger partial charge in [0, 0.05) is 12.1 Å². The van der Waals surface area contributed by atoms with Gasteiger partial charge in [0.1, 0.15) is 5.56 Å². The van der Waals surface area contributed by atoms with Gasteiger partial charge in [0.2, 0.25) is 0 Å². The number of hydrogen-bond donors (Lipinski definition) is 2. The van der Waals surface area contributed by atoms with Gasteiger partial charge in [-0.3, -0.25) is 19.7 Å². The normalized spacial score (nSPS) is 11.7. The fraction of sp³-hybridized carbons (Fsp3) is 0.333. The molecule has 0 saturated carbocycles. The van der Waals surface area contributed by atoms with E-state index < -0.39 is 22.8 Å². The highest BCUT2D eigenvalue weighted by Gasteiger charge is 2.21. The first-order chi connectivity index (χ1) is 8.81. The Bertz CT molecular complexity index is 527. The molecule has 0 bridgehead atoms. The molecule has 19 heavy (non-hydrogen) atoms. The standard InChI is InChI=1S/C12H14N2O5/c1-7-3-4-10(14(18)19)9(5-7)12(17)13-8(2)6-11(15)16/h3-5,8H,6H2,1-2H3,(H,13,17)(H,15,16). The van der Waals surface area contributed by atoms with E-state index in [1.807, 2.05) is 0 Å². The average Bonchev–Trinajstić information content (AvgIpc) is 2.26. The number of nitrogens with zero attached hydrogens (tertiary/aromatic N) is 1. The SMILES string of the molecule is Cc1ccc([N+](=O)[O-])c(C(=O)NC(C)CC(=O)O)c1. The predicted octanol–water partition coefficient (Wildman–Crippen LogP) is 1.50. The zero-order valence-electron chi connectivity index (χ0n) is 10.5. The molecular formula is C12H14N2O5. The summed E-state index contributed by atoms with van der Waals surface area (Å²) in [6.07, 6.45) is -0.245. The summed E-state index contributed by atoms with van der Waals surface area (Å²) in [5, 5.41) is 21.9. The van der Waals surface area contributed by atoms with Gasteiger partial charge in [-0.05, 0) is 25.5 Å². The minimum Gasteiger partial charge on any atom is -0.481 e. The van der Waals surface area contributed by atoms with Crippen LogP contribution in [0.3, 0.4) is 0 Å². The van der Waals surface area contributed by atoms with E-state index in [9.17, 15) is 19.7 Å². The summed E-state index contributed by atoms with van der Waals surface area (Å²) in [4.78, 5) is 32.6. The number of carboxylic acid groups (broad SMARTS) is 1. The molecule has 7 nitrogen and oxygen atoms in total. The quantitative estimate of drug-likeness (QED) is 0.619. The maximum absolute atomic E-state index is 11.9. The number of hydrogen-bond acceptors (Lipinski definition) is 4. The summed E-state index contributed by atoms with van der Waals surface area (Å²) in [7, 11) is 0. The summed E-state index contributed by atoms with van der Waals surface area (Å²) in [5.41, 5.74) is 0.342. The molecule has 7 heteroatoms. The van der Waals surface area contributed by atoms with Crippen molar-refractivity contribution in [1.29, 1.82) is 0 Å². The van der Waals surface area contributed by atoms with Gasteiger partial charge in [0.15, 0.2) is 0 Å². The van der Waals surface area contributed by atoms with Crippen molar-refractivity contribution >= 4 is 17.6 Å². The third kappa shape index (κ3) is 4.06. The molecule has 1 rings (SSSR count). The maximum Gasteiger partial charge on any atom is 0.305 e. The Labute approximate surface area is 109 Å². The van der Waals surface area contributed by atoms with Gasteiger partial charge in [-0.25, -0.2) is 0 Å². The van der Waals surface area contributed by atoms with Gasteiger partial charge in [-0.15, -0.1) is 0 Å². The average molecular weight is 266 g/mol. The fourth-order valence-electron chi connectivity index (χ4n) is 1.61. The number of amides is 1. The molecule has 0 aliphatic heterocycles. The number of benzene rings is 1. The Kier molecular flexibility index (Phi) is 4.57. The molecule has 0 aromatic heterocycles. The maximum atomic E-state index is 11.9. The van der Waals surface area contributed by atoms with E-state index in [0.29, 0.717) is 5.56 Å². The van der Waals surface area contributed by atoms with Crippen molar-refractivity contribution in [2.75, 3.05) is 0 Å². The monoisotopic (exact) mass is 266 g/mol. The van der Waals surface area contributed by atoms with Crippen LogP contribution in [-0.2, 0) is 4.79 Å². The van der Waals surface area contributed by atoms with Gasteiger partial charge < -0.3 is 10.4 Å². The van der Waals surface area contributed by atoms with Crippen molar-refractivity contribution in [3.63, 3.8) is 0 Å². The number of nitro benzene ring substituents is 1. The number of aliphatic carboxylic acids is 1. The largest absolute Gasteiger partial charge is 0.481 e. The first-order valence-electron chi connectivity index (χ1n) is 5.59. The van der Waals surface area contributed by atoms with Gasteiger partial charge >= 0.3 is 5.97 Å². The van der Waals surface area contributed by atoms with E-state index in [-0.39, 0.29) is 17.7 Å². The second kappa shape index (κ2) is 5.94. The summed E-state index contributed by atoms with van der Waals surface area (Å²) in [6, 6.07) is 3.59. The number of carboxylic acids is 1. The van der Waals surface area contributed by atoms with Gasteiger partial charge in [-0.2, -0.15) is 0 Å². The molecule has 0 aliphatic carbocycles. The van der Waals surface area contributed by atoms with Crippen LogP contribution >= 0.6 is 0 Å². The molecule has 1 aromatic rings. The lowest BCUT2D eigenvalue weighted by molar-refractivity contribution is -0.385. The molecule has 0 saturated heterocycles. The van der Waals surface area contributed by atoms with Crippen molar-refractivity contribution < 1.29 is 19.6 Å². The summed E-state index contributed by atoms with van der Waals surface area (Å²) in [6.45, 7) is 3.23. The molecule has 0 aliphatic rings. The Morgan fingerprint density at radius 3 is 2.63 bits per heavy atom. The first-order valence-corrected chi connectivity index (χ1v) is 5.59. The van der Waals surface area contributed by atoms with Crippen LogP contribution in [0.1, 0.15) is 29.3 Å². The molecule has 0 spiro atoms. The Morgan fingerprint density at radius 2 is 2.11 bits per heavy atom. The van der Waals surface area contributed by atoms with Gasteiger partial charge in [0.05, 0.1) is 11.3 Å². The minimum absolute atomic E-state index is 0.0674. The number of nitrogens with one attached hydrogen (secondary N) is 1. The third-order valence-electron chi connectivity index (χ3n) is 2.45. The smallest absolute Gasteiger partial charge is 0.305 e. The lowest BCUT2D eigenvalue weighted by Crippen LogP contribution is -2.34. The van der Waals surface area contributed by atoms with Crippen molar-refractivity contribution in [3.05, 3.63) is 39.4 Å². The van der Waals surface area contributed by atoms with Crippen LogP contribution in [0.15, 0.2) is 18.2 Å². The summed E-state index contributed by atoms with van der Waals surface area (Å²) >= 11 is 0. The molecule has 1 aromatic carbocycles. The molecule has 0 heterocycles. The number of rotatable bonds is 5. The Balaban J connectivity index is 2.95. The van der Waals surface area contributed by atoms with Crippen molar-refractivity contribution in [1.82, 2.24) is 5.32 Å². The van der Waals surface area contributed by atoms with Crippen molar-refractivity contribution in [2.45, 2.75) is 26.3 Å². The Hall–Kier alpha value is -2.44. The minimum atomic E-state index is -1.05. The highest BCUT2D eigenvalue weighted by atomic mass is 16.6. The van der Waals surface area contributed by atoms with E-state index in [2.05, 4.69) is 5.32 Å². The Morgan fingerprint density at radius 1 is 1.47 bits per heavy atom. The zero-order chi connectivity index (χ0) is 14.6. The van der Waals surface area contributed by atoms with Crippen molar-refractivity contribution in [3.8, 4) is 0 Å². The predicted molar refractivity (Wildman–Crippen MR) is 67.0 cm³/mol. The van der Waals surface area contributed by atoms with Crippen LogP contribution in [0.2, 0.25) is 0 Å². The first kappa shape index (κ1) is 14.6. The lowest BCUT2D eigenvalue weighted by Gasteiger charge is -2.12. The fourth-order valence-corrected chi connectivity index (χ4v) is 1.61. The van der Waals surface area contributed by atoms with E-state index in [0.717, 1.165) is 0 Å². The van der Waals surface area contributed by atoms with E-state index >= 15 is 0 Å². The molecular weight excluding hydrogens is 252 g/mol. The number of carbonyl (C=O) groups is 2. The van der Waals surface area contributed by atoms with Crippen LogP contribution in [0.4, 0.5) is 5.69 Å². The topological polar surface area (TPSA) is 110 Å². The second-order valence-electron chi connectivity index (χ2n) is 4.25. The highest BCUT2D eigenvalue weighted by molar-refractivity contribution is 5.98. The summed E-state index contributed by atoms with van der Waals surface area (Å²) in [5.74, 6) is -1.70. The number of aryl methyl sites for hydroxylation is 1. The number of carbonyl (C=O) groups excluding carboxylic acids is 1. The third-order valence-corrected chi connectivity index (χ3v) is 2.45. The van der Waals surface area contributed by atoms with Gasteiger partial charge in [0.25, 0.3) is 11.6 Å². The highest BCUT2D eigenvalue weighted by Crippen LogP contribution is 2.19. The molecule has 1 atom stereocenters. The van der Waals surface area contributed by atoms with Crippen LogP contribution in [0.5, 0.6) is 0 Å². The zero-order valence-corrected chi connectivity index (χ0v) is 10.5. The van der Waals surface area contributed by atoms with Crippen LogP contribution in [0.25, 0.3) is 0 Å². The van der Waals surface area contributed by atoms with Crippen LogP contribution in [-0.4, -0.2) is 27.9 Å². The van der Waals surface area contributed by atoms with E-state index in [4.69, 9.17) is 5.11 Å². The van der Waals surface area contributed by atoms with Crippen LogP contribution < -0.4 is 5.32 Å². The molecule has 2 N–H and O–H groups in total. The van der Waals surface area contributed by atoms with Crippen molar-refractivity contribution in [2.24, 2.45) is 0 Å². The van der Waals surface area contributed by atoms with Gasteiger partial charge in [-0.1, -0.05) is 6.07 Å². The van der Waals surface area contributed by atoms with Crippen LogP contribution in [0, 0.1) is 17.0 Å². The molecule has 102 valence electrons. The molecule has 0 radical (unpaired) electrons. The molecule has 1 amide bonds. The van der Waals surface area contributed by atoms with E-state index in [1.54, 1.807) is 6.92 Å². The second-order valence-corrected chi connectivity index (χ2v) is 4.25. The summed E-state index contributed by atoms with van der Waals surface area (Å²) < 4.78 is 0. The number of nitro groups is 1. The lowest BCUT2D eigenvalue weighted by atomic mass is 10.1. The molecule has 0 fully saturated rings. The molecule has 1 unspecified atom stereocenters. The van der Waals surface area contributed by atoms with E-state index in [1.165, 1.54) is 25.1 Å².